The van der Waals surface area contributed by atoms with E-state index in [0.717, 1.165) is 19.6 Å². The van der Waals surface area contributed by atoms with Crippen LogP contribution >= 0.6 is 0 Å². The number of halogens is 3. The fourth-order valence-electron chi connectivity index (χ4n) is 3.64. The zero-order valence-corrected chi connectivity index (χ0v) is 19.4. The van der Waals surface area contributed by atoms with Gasteiger partial charge in [-0.1, -0.05) is 54.6 Å². The van der Waals surface area contributed by atoms with Gasteiger partial charge in [0.15, 0.2) is 0 Å². The third-order valence-electron chi connectivity index (χ3n) is 5.63. The molecule has 4 nitrogen and oxygen atoms in total. The summed E-state index contributed by atoms with van der Waals surface area (Å²) in [4.78, 5) is 2.27. The SMILES string of the molecule is Fc1ccccc1CNCCN(CCNCc1ccccc1F)CCNCc1ccccc1F. The van der Waals surface area contributed by atoms with Crippen LogP contribution in [0.4, 0.5) is 13.2 Å². The molecule has 0 unspecified atom stereocenters. The summed E-state index contributed by atoms with van der Waals surface area (Å²) in [6.45, 7) is 5.84. The number of hydrogen-bond donors (Lipinski definition) is 3. The number of nitrogens with zero attached hydrogens (tertiary/aromatic N) is 1. The van der Waals surface area contributed by atoms with Crippen molar-refractivity contribution in [1.29, 1.82) is 0 Å². The van der Waals surface area contributed by atoms with Gasteiger partial charge >= 0.3 is 0 Å². The Morgan fingerprint density at radius 3 is 1.06 bits per heavy atom. The first-order valence-electron chi connectivity index (χ1n) is 11.7. The zero-order chi connectivity index (χ0) is 24.0. The third kappa shape index (κ3) is 8.91. The topological polar surface area (TPSA) is 39.3 Å². The van der Waals surface area contributed by atoms with Gasteiger partial charge in [-0.3, -0.25) is 4.90 Å². The standard InChI is InChI=1S/C27H33F3N4/c28-25-10-4-1-7-22(25)19-31-13-16-34(17-14-32-20-23-8-2-5-11-26(23)29)18-15-33-21-24-9-3-6-12-27(24)30/h1-12,31-33H,13-21H2. The van der Waals surface area contributed by atoms with Gasteiger partial charge in [0.1, 0.15) is 17.5 Å². The van der Waals surface area contributed by atoms with Gasteiger partial charge in [-0.05, 0) is 18.2 Å². The Kier molecular flexibility index (Phi) is 11.1. The Hall–Kier alpha value is -2.71. The summed E-state index contributed by atoms with van der Waals surface area (Å²) in [6.07, 6.45) is 0. The smallest absolute Gasteiger partial charge is 0.127 e. The maximum absolute atomic E-state index is 13.8. The van der Waals surface area contributed by atoms with Crippen molar-refractivity contribution in [2.24, 2.45) is 0 Å². The van der Waals surface area contributed by atoms with Crippen LogP contribution in [0.2, 0.25) is 0 Å². The molecule has 0 fully saturated rings. The van der Waals surface area contributed by atoms with Crippen LogP contribution in [0.5, 0.6) is 0 Å². The molecular weight excluding hydrogens is 437 g/mol. The van der Waals surface area contributed by atoms with Gasteiger partial charge in [-0.15, -0.1) is 0 Å². The van der Waals surface area contributed by atoms with Gasteiger partial charge in [0.2, 0.25) is 0 Å². The molecule has 3 N–H and O–H groups in total. The van der Waals surface area contributed by atoms with Gasteiger partial charge in [-0.2, -0.15) is 0 Å². The minimum absolute atomic E-state index is 0.207. The molecule has 34 heavy (non-hydrogen) atoms. The van der Waals surface area contributed by atoms with Crippen LogP contribution in [0, 0.1) is 17.5 Å². The lowest BCUT2D eigenvalue weighted by atomic mass is 10.2. The molecule has 0 saturated carbocycles. The van der Waals surface area contributed by atoms with Crippen molar-refractivity contribution in [2.75, 3.05) is 39.3 Å². The van der Waals surface area contributed by atoms with Crippen molar-refractivity contribution >= 4 is 0 Å². The normalized spacial score (nSPS) is 11.3. The van der Waals surface area contributed by atoms with E-state index in [1.165, 1.54) is 18.2 Å². The number of rotatable bonds is 15. The van der Waals surface area contributed by atoms with E-state index in [-0.39, 0.29) is 17.5 Å². The molecule has 0 aliphatic carbocycles. The highest BCUT2D eigenvalue weighted by Gasteiger charge is 2.07. The lowest BCUT2D eigenvalue weighted by Gasteiger charge is -2.23. The summed E-state index contributed by atoms with van der Waals surface area (Å²) >= 11 is 0. The van der Waals surface area contributed by atoms with Gasteiger partial charge in [0.25, 0.3) is 0 Å². The van der Waals surface area contributed by atoms with Crippen LogP contribution in [0.3, 0.4) is 0 Å². The fourth-order valence-corrected chi connectivity index (χ4v) is 3.64. The number of nitrogens with one attached hydrogen (secondary N) is 3. The van der Waals surface area contributed by atoms with E-state index < -0.39 is 0 Å². The second-order valence-corrected chi connectivity index (χ2v) is 8.15. The molecule has 0 saturated heterocycles. The summed E-state index contributed by atoms with van der Waals surface area (Å²) in [5.74, 6) is -0.621. The Labute approximate surface area is 200 Å². The lowest BCUT2D eigenvalue weighted by molar-refractivity contribution is 0.270. The van der Waals surface area contributed by atoms with E-state index >= 15 is 0 Å². The Balaban J connectivity index is 1.42. The van der Waals surface area contributed by atoms with Crippen LogP contribution in [0.1, 0.15) is 16.7 Å². The average molecular weight is 471 g/mol. The van der Waals surface area contributed by atoms with Crippen LogP contribution in [0.25, 0.3) is 0 Å². The number of hydrogen-bond acceptors (Lipinski definition) is 4. The van der Waals surface area contributed by atoms with Crippen molar-refractivity contribution in [3.63, 3.8) is 0 Å². The summed E-state index contributed by atoms with van der Waals surface area (Å²) in [6, 6.07) is 20.3. The van der Waals surface area contributed by atoms with E-state index in [1.807, 2.05) is 18.2 Å². The van der Waals surface area contributed by atoms with Crippen molar-refractivity contribution in [3.05, 3.63) is 107 Å². The molecule has 0 aliphatic heterocycles. The quantitative estimate of drug-likeness (QED) is 0.293. The van der Waals surface area contributed by atoms with Gasteiger partial charge in [-0.25, -0.2) is 13.2 Å². The molecular formula is C27H33F3N4. The minimum Gasteiger partial charge on any atom is -0.311 e. The summed E-state index contributed by atoms with van der Waals surface area (Å²) < 4.78 is 41.4. The van der Waals surface area contributed by atoms with E-state index in [9.17, 15) is 13.2 Å². The molecule has 0 atom stereocenters. The predicted molar refractivity (Wildman–Crippen MR) is 131 cm³/mol. The molecule has 0 amide bonds. The monoisotopic (exact) mass is 470 g/mol. The second kappa shape index (κ2) is 14.5. The molecule has 7 heteroatoms. The van der Waals surface area contributed by atoms with Gasteiger partial charge in [0.05, 0.1) is 0 Å². The molecule has 0 aliphatic rings. The molecule has 3 rings (SSSR count). The van der Waals surface area contributed by atoms with Crippen molar-refractivity contribution < 1.29 is 13.2 Å². The van der Waals surface area contributed by atoms with Crippen molar-refractivity contribution in [2.45, 2.75) is 19.6 Å². The number of benzene rings is 3. The zero-order valence-electron chi connectivity index (χ0n) is 19.4. The first kappa shape index (κ1) is 25.9. The molecule has 0 spiro atoms. The summed E-state index contributed by atoms with van der Waals surface area (Å²) in [5.41, 5.74) is 1.94. The van der Waals surface area contributed by atoms with Crippen LogP contribution in [0.15, 0.2) is 72.8 Å². The van der Waals surface area contributed by atoms with Gasteiger partial charge in [0, 0.05) is 75.6 Å². The van der Waals surface area contributed by atoms with Gasteiger partial charge < -0.3 is 16.0 Å². The van der Waals surface area contributed by atoms with E-state index in [0.29, 0.717) is 56.0 Å². The first-order valence-corrected chi connectivity index (χ1v) is 11.7. The molecule has 0 heterocycles. The largest absolute Gasteiger partial charge is 0.311 e. The third-order valence-corrected chi connectivity index (χ3v) is 5.63. The molecule has 182 valence electrons. The Morgan fingerprint density at radius 2 is 0.765 bits per heavy atom. The second-order valence-electron chi connectivity index (χ2n) is 8.15. The lowest BCUT2D eigenvalue weighted by Crippen LogP contribution is -2.40. The Morgan fingerprint density at radius 1 is 0.471 bits per heavy atom. The predicted octanol–water partition coefficient (Wildman–Crippen LogP) is 4.08. The van der Waals surface area contributed by atoms with Crippen molar-refractivity contribution in [3.8, 4) is 0 Å². The summed E-state index contributed by atoms with van der Waals surface area (Å²) in [7, 11) is 0. The fraction of sp³-hybridized carbons (Fsp3) is 0.333. The van der Waals surface area contributed by atoms with Crippen molar-refractivity contribution in [1.82, 2.24) is 20.9 Å². The highest BCUT2D eigenvalue weighted by Crippen LogP contribution is 2.07. The summed E-state index contributed by atoms with van der Waals surface area (Å²) in [5, 5.41) is 9.90. The average Bonchev–Trinajstić information content (AvgIpc) is 2.84. The first-order chi connectivity index (χ1) is 16.6. The van der Waals surface area contributed by atoms with E-state index in [4.69, 9.17) is 0 Å². The van der Waals surface area contributed by atoms with Crippen LogP contribution < -0.4 is 16.0 Å². The molecule has 0 bridgehead atoms. The molecule has 3 aromatic rings. The van der Waals surface area contributed by atoms with Crippen LogP contribution in [-0.4, -0.2) is 44.2 Å². The Bertz CT molecular complexity index is 872. The molecule has 3 aromatic carbocycles. The van der Waals surface area contributed by atoms with E-state index in [1.54, 1.807) is 36.4 Å². The van der Waals surface area contributed by atoms with E-state index in [2.05, 4.69) is 20.9 Å². The highest BCUT2D eigenvalue weighted by atomic mass is 19.1. The molecule has 0 aromatic heterocycles. The maximum Gasteiger partial charge on any atom is 0.127 e. The maximum atomic E-state index is 13.8. The highest BCUT2D eigenvalue weighted by molar-refractivity contribution is 5.18. The minimum atomic E-state index is -0.207. The van der Waals surface area contributed by atoms with Crippen LogP contribution in [-0.2, 0) is 19.6 Å². The molecule has 0 radical (unpaired) electrons.